The number of nitrogens with zero attached hydrogens (tertiary/aromatic N) is 3. The fourth-order valence-corrected chi connectivity index (χ4v) is 2.41. The van der Waals surface area contributed by atoms with Crippen molar-refractivity contribution in [3.63, 3.8) is 0 Å². The highest BCUT2D eigenvalue weighted by Gasteiger charge is 2.15. The minimum Gasteiger partial charge on any atom is -0.297 e. The van der Waals surface area contributed by atoms with Crippen LogP contribution in [0.2, 0.25) is 0 Å². The molecule has 0 aliphatic rings. The van der Waals surface area contributed by atoms with Gasteiger partial charge < -0.3 is 0 Å². The van der Waals surface area contributed by atoms with Crippen LogP contribution in [-0.2, 0) is 7.05 Å². The van der Waals surface area contributed by atoms with E-state index in [0.29, 0.717) is 16.5 Å². The number of aryl methyl sites for hydroxylation is 1. The molecule has 1 aromatic carbocycles. The Balaban J connectivity index is 1.87. The van der Waals surface area contributed by atoms with Gasteiger partial charge in [0.1, 0.15) is 11.5 Å². The van der Waals surface area contributed by atoms with Crippen LogP contribution in [0.5, 0.6) is 0 Å². The summed E-state index contributed by atoms with van der Waals surface area (Å²) in [4.78, 5) is 16.2. The molecule has 0 fully saturated rings. The van der Waals surface area contributed by atoms with E-state index in [-0.39, 0.29) is 11.7 Å². The molecule has 1 N–H and O–H groups in total. The molecule has 3 aromatic rings. The van der Waals surface area contributed by atoms with E-state index in [0.717, 1.165) is 5.56 Å². The Bertz CT molecular complexity index is 765. The molecule has 5 nitrogen and oxygen atoms in total. The first-order valence-corrected chi connectivity index (χ1v) is 7.02. The van der Waals surface area contributed by atoms with Gasteiger partial charge in [0.2, 0.25) is 0 Å². The lowest BCUT2D eigenvalue weighted by Crippen LogP contribution is -2.15. The van der Waals surface area contributed by atoms with E-state index in [4.69, 9.17) is 0 Å². The van der Waals surface area contributed by atoms with Gasteiger partial charge in [0.15, 0.2) is 5.13 Å². The number of halogens is 1. The average molecular weight is 302 g/mol. The lowest BCUT2D eigenvalue weighted by atomic mass is 10.1. The van der Waals surface area contributed by atoms with E-state index in [1.807, 2.05) is 0 Å². The van der Waals surface area contributed by atoms with Crippen LogP contribution in [0.4, 0.5) is 9.52 Å². The van der Waals surface area contributed by atoms with Crippen molar-refractivity contribution in [3.8, 4) is 11.3 Å². The molecule has 2 aromatic heterocycles. The third kappa shape index (κ3) is 2.82. The first-order valence-electron chi connectivity index (χ1n) is 6.14. The van der Waals surface area contributed by atoms with E-state index < -0.39 is 0 Å². The number of carbonyl (C=O) groups excluding carboxylic acids is 1. The molecular weight excluding hydrogens is 291 g/mol. The molecule has 0 saturated heterocycles. The van der Waals surface area contributed by atoms with Crippen LogP contribution in [0.15, 0.2) is 41.9 Å². The van der Waals surface area contributed by atoms with Gasteiger partial charge in [0, 0.05) is 24.2 Å². The standard InChI is InChI=1S/C14H11FN4OS/c1-19-12(13(20)17-14-16-6-7-21-14)8-11(18-19)9-2-4-10(15)5-3-9/h2-8H,1H3,(H,16,17,20). The third-order valence-electron chi connectivity index (χ3n) is 2.91. The van der Waals surface area contributed by atoms with Crippen LogP contribution in [-0.4, -0.2) is 20.7 Å². The summed E-state index contributed by atoms with van der Waals surface area (Å²) in [6, 6.07) is 7.63. The Kier molecular flexibility index (Phi) is 3.49. The predicted octanol–water partition coefficient (Wildman–Crippen LogP) is 2.94. The highest BCUT2D eigenvalue weighted by atomic mass is 32.1. The summed E-state index contributed by atoms with van der Waals surface area (Å²) in [7, 11) is 1.68. The quantitative estimate of drug-likeness (QED) is 0.809. The van der Waals surface area contributed by atoms with Crippen molar-refractivity contribution in [2.75, 3.05) is 5.32 Å². The van der Waals surface area contributed by atoms with Crippen LogP contribution in [0.3, 0.4) is 0 Å². The minimum absolute atomic E-state index is 0.284. The SMILES string of the molecule is Cn1nc(-c2ccc(F)cc2)cc1C(=O)Nc1nccs1. The lowest BCUT2D eigenvalue weighted by molar-refractivity contribution is 0.101. The van der Waals surface area contributed by atoms with Crippen LogP contribution in [0, 0.1) is 5.82 Å². The highest BCUT2D eigenvalue weighted by Crippen LogP contribution is 2.20. The second-order valence-corrected chi connectivity index (χ2v) is 5.23. The van der Waals surface area contributed by atoms with Crippen LogP contribution >= 0.6 is 11.3 Å². The van der Waals surface area contributed by atoms with Gasteiger partial charge in [-0.05, 0) is 30.3 Å². The van der Waals surface area contributed by atoms with Crippen molar-refractivity contribution in [1.29, 1.82) is 0 Å². The molecular formula is C14H11FN4OS. The topological polar surface area (TPSA) is 59.8 Å². The zero-order valence-corrected chi connectivity index (χ0v) is 11.9. The molecule has 2 heterocycles. The monoisotopic (exact) mass is 302 g/mol. The summed E-state index contributed by atoms with van der Waals surface area (Å²) in [5.74, 6) is -0.593. The maximum atomic E-state index is 12.9. The van der Waals surface area contributed by atoms with E-state index in [9.17, 15) is 9.18 Å². The van der Waals surface area contributed by atoms with Gasteiger partial charge in [0.25, 0.3) is 5.91 Å². The van der Waals surface area contributed by atoms with Crippen molar-refractivity contribution < 1.29 is 9.18 Å². The maximum Gasteiger partial charge on any atom is 0.275 e. The second kappa shape index (κ2) is 5.45. The molecule has 7 heteroatoms. The molecule has 0 bridgehead atoms. The van der Waals surface area contributed by atoms with Gasteiger partial charge in [-0.1, -0.05) is 0 Å². The Morgan fingerprint density at radius 1 is 1.33 bits per heavy atom. The zero-order valence-electron chi connectivity index (χ0n) is 11.1. The first-order chi connectivity index (χ1) is 10.1. The molecule has 0 saturated carbocycles. The molecule has 1 amide bonds. The maximum absolute atomic E-state index is 12.9. The molecule has 0 atom stereocenters. The number of aromatic nitrogens is 3. The van der Waals surface area contributed by atoms with Crippen LogP contribution in [0.1, 0.15) is 10.5 Å². The van der Waals surface area contributed by atoms with E-state index in [2.05, 4.69) is 15.4 Å². The van der Waals surface area contributed by atoms with Gasteiger partial charge in [0.05, 0.1) is 5.69 Å². The van der Waals surface area contributed by atoms with Gasteiger partial charge >= 0.3 is 0 Å². The largest absolute Gasteiger partial charge is 0.297 e. The molecule has 0 unspecified atom stereocenters. The number of anilines is 1. The van der Waals surface area contributed by atoms with Gasteiger partial charge in [-0.15, -0.1) is 11.3 Å². The summed E-state index contributed by atoms with van der Waals surface area (Å²) in [6.07, 6.45) is 1.62. The van der Waals surface area contributed by atoms with Gasteiger partial charge in [-0.2, -0.15) is 5.10 Å². The van der Waals surface area contributed by atoms with Gasteiger partial charge in [-0.25, -0.2) is 9.37 Å². The number of rotatable bonds is 3. The fraction of sp³-hybridized carbons (Fsp3) is 0.0714. The van der Waals surface area contributed by atoms with Crippen LogP contribution in [0.25, 0.3) is 11.3 Å². The Morgan fingerprint density at radius 3 is 2.76 bits per heavy atom. The summed E-state index contributed by atoms with van der Waals surface area (Å²) in [5.41, 5.74) is 1.77. The van der Waals surface area contributed by atoms with Crippen molar-refractivity contribution in [1.82, 2.24) is 14.8 Å². The number of thiazole rings is 1. The second-order valence-electron chi connectivity index (χ2n) is 4.34. The average Bonchev–Trinajstić information content (AvgIpc) is 3.09. The number of hydrogen-bond donors (Lipinski definition) is 1. The number of amides is 1. The van der Waals surface area contributed by atoms with Crippen molar-refractivity contribution in [2.45, 2.75) is 0 Å². The van der Waals surface area contributed by atoms with E-state index in [1.165, 1.54) is 28.2 Å². The van der Waals surface area contributed by atoms with Crippen molar-refractivity contribution in [2.24, 2.45) is 7.05 Å². The van der Waals surface area contributed by atoms with Crippen molar-refractivity contribution in [3.05, 3.63) is 53.4 Å². The third-order valence-corrected chi connectivity index (χ3v) is 3.59. The first kappa shape index (κ1) is 13.4. The molecule has 0 spiro atoms. The Hall–Kier alpha value is -2.54. The molecule has 3 rings (SSSR count). The van der Waals surface area contributed by atoms with E-state index in [1.54, 1.807) is 36.8 Å². The number of nitrogens with one attached hydrogen (secondary N) is 1. The lowest BCUT2D eigenvalue weighted by Gasteiger charge is -2.00. The number of benzene rings is 1. The summed E-state index contributed by atoms with van der Waals surface area (Å²) in [6.45, 7) is 0. The van der Waals surface area contributed by atoms with Crippen molar-refractivity contribution >= 4 is 22.4 Å². The molecule has 106 valence electrons. The molecule has 0 radical (unpaired) electrons. The number of carbonyl (C=O) groups is 1. The Morgan fingerprint density at radius 2 is 2.10 bits per heavy atom. The van der Waals surface area contributed by atoms with Crippen LogP contribution < -0.4 is 5.32 Å². The molecule has 21 heavy (non-hydrogen) atoms. The predicted molar refractivity (Wildman–Crippen MR) is 78.7 cm³/mol. The van der Waals surface area contributed by atoms with E-state index >= 15 is 0 Å². The summed E-state index contributed by atoms with van der Waals surface area (Å²) in [5, 5.41) is 9.29. The summed E-state index contributed by atoms with van der Waals surface area (Å²) < 4.78 is 14.4. The van der Waals surface area contributed by atoms with Gasteiger partial charge in [-0.3, -0.25) is 14.8 Å². The number of hydrogen-bond acceptors (Lipinski definition) is 4. The summed E-state index contributed by atoms with van der Waals surface area (Å²) >= 11 is 1.34. The Labute approximate surface area is 124 Å². The smallest absolute Gasteiger partial charge is 0.275 e. The minimum atomic E-state index is -0.309. The normalized spacial score (nSPS) is 10.6. The highest BCUT2D eigenvalue weighted by molar-refractivity contribution is 7.13. The zero-order chi connectivity index (χ0) is 14.8. The molecule has 0 aliphatic heterocycles. The molecule has 0 aliphatic carbocycles. The fourth-order valence-electron chi connectivity index (χ4n) is 1.89.